The Kier molecular flexibility index (Phi) is 4.87. The van der Waals surface area contributed by atoms with Crippen molar-refractivity contribution in [1.29, 1.82) is 0 Å². The van der Waals surface area contributed by atoms with Crippen LogP contribution >= 0.6 is 0 Å². The number of amides is 1. The van der Waals surface area contributed by atoms with E-state index in [2.05, 4.69) is 28.0 Å². The Morgan fingerprint density at radius 3 is 2.71 bits per heavy atom. The standard InChI is InChI=1S/C20H19N3O/c1-15-6-4-10-18(12-15)21-14-20(24)23-22-13-17-9-5-8-16-7-2-3-11-19(16)17/h2-13,21H,14H2,1H3,(H,23,24)/b22-13-. The average molecular weight is 317 g/mol. The molecule has 0 unspecified atom stereocenters. The van der Waals surface area contributed by atoms with Crippen molar-refractivity contribution < 1.29 is 4.79 Å². The van der Waals surface area contributed by atoms with Crippen LogP contribution in [0.15, 0.2) is 71.8 Å². The lowest BCUT2D eigenvalue weighted by molar-refractivity contribution is -0.119. The van der Waals surface area contributed by atoms with Crippen LogP contribution in [0.4, 0.5) is 5.69 Å². The van der Waals surface area contributed by atoms with Crippen LogP contribution in [0.3, 0.4) is 0 Å². The zero-order chi connectivity index (χ0) is 16.8. The first-order chi connectivity index (χ1) is 11.7. The van der Waals surface area contributed by atoms with Crippen molar-refractivity contribution in [2.24, 2.45) is 5.10 Å². The third-order valence-corrected chi connectivity index (χ3v) is 3.69. The van der Waals surface area contributed by atoms with Gasteiger partial charge in [-0.2, -0.15) is 5.10 Å². The second-order valence-corrected chi connectivity index (χ2v) is 5.58. The molecular weight excluding hydrogens is 298 g/mol. The van der Waals surface area contributed by atoms with Crippen LogP contribution in [-0.4, -0.2) is 18.7 Å². The predicted octanol–water partition coefficient (Wildman–Crippen LogP) is 3.71. The van der Waals surface area contributed by atoms with Crippen LogP contribution in [0.1, 0.15) is 11.1 Å². The van der Waals surface area contributed by atoms with E-state index in [9.17, 15) is 4.79 Å². The van der Waals surface area contributed by atoms with Crippen molar-refractivity contribution in [3.63, 3.8) is 0 Å². The summed E-state index contributed by atoms with van der Waals surface area (Å²) in [5, 5.41) is 9.39. The molecule has 0 saturated carbocycles. The van der Waals surface area contributed by atoms with E-state index < -0.39 is 0 Å². The van der Waals surface area contributed by atoms with Gasteiger partial charge in [-0.3, -0.25) is 4.79 Å². The minimum Gasteiger partial charge on any atom is -0.376 e. The number of hydrazone groups is 1. The Morgan fingerprint density at radius 1 is 1.04 bits per heavy atom. The van der Waals surface area contributed by atoms with Gasteiger partial charge in [-0.1, -0.05) is 54.6 Å². The Labute approximate surface area is 141 Å². The Hall–Kier alpha value is -3.14. The molecule has 0 bridgehead atoms. The number of nitrogens with zero attached hydrogens (tertiary/aromatic N) is 1. The highest BCUT2D eigenvalue weighted by Gasteiger charge is 2.00. The molecule has 0 saturated heterocycles. The number of carbonyl (C=O) groups excluding carboxylic acids is 1. The number of fused-ring (bicyclic) bond motifs is 1. The summed E-state index contributed by atoms with van der Waals surface area (Å²) in [6, 6.07) is 22.0. The Morgan fingerprint density at radius 2 is 1.83 bits per heavy atom. The minimum atomic E-state index is -0.187. The first kappa shape index (κ1) is 15.7. The van der Waals surface area contributed by atoms with Crippen molar-refractivity contribution in [1.82, 2.24) is 5.43 Å². The van der Waals surface area contributed by atoms with Gasteiger partial charge in [0.05, 0.1) is 12.8 Å². The Balaban J connectivity index is 1.58. The van der Waals surface area contributed by atoms with Crippen molar-refractivity contribution in [3.8, 4) is 0 Å². The lowest BCUT2D eigenvalue weighted by Gasteiger charge is -2.06. The molecule has 2 N–H and O–H groups in total. The highest BCUT2D eigenvalue weighted by Crippen LogP contribution is 2.16. The number of nitrogens with one attached hydrogen (secondary N) is 2. The molecule has 24 heavy (non-hydrogen) atoms. The quantitative estimate of drug-likeness (QED) is 0.557. The molecule has 0 fully saturated rings. The van der Waals surface area contributed by atoms with Crippen molar-refractivity contribution in [2.75, 3.05) is 11.9 Å². The summed E-state index contributed by atoms with van der Waals surface area (Å²) >= 11 is 0. The number of hydrogen-bond acceptors (Lipinski definition) is 3. The highest BCUT2D eigenvalue weighted by atomic mass is 16.2. The molecule has 4 nitrogen and oxygen atoms in total. The fourth-order valence-corrected chi connectivity index (χ4v) is 2.51. The molecular formula is C20H19N3O. The number of carbonyl (C=O) groups is 1. The van der Waals surface area contributed by atoms with E-state index in [1.807, 2.05) is 61.5 Å². The minimum absolute atomic E-state index is 0.177. The molecule has 3 aromatic carbocycles. The molecule has 0 aromatic heterocycles. The fraction of sp³-hybridized carbons (Fsp3) is 0.100. The molecule has 0 heterocycles. The van der Waals surface area contributed by atoms with Crippen LogP contribution in [0.5, 0.6) is 0 Å². The smallest absolute Gasteiger partial charge is 0.259 e. The second-order valence-electron chi connectivity index (χ2n) is 5.58. The van der Waals surface area contributed by atoms with Gasteiger partial charge in [0.2, 0.25) is 0 Å². The number of benzene rings is 3. The summed E-state index contributed by atoms with van der Waals surface area (Å²) in [4.78, 5) is 11.9. The zero-order valence-corrected chi connectivity index (χ0v) is 13.5. The summed E-state index contributed by atoms with van der Waals surface area (Å²) in [5.41, 5.74) is 5.59. The molecule has 0 aliphatic heterocycles. The molecule has 1 amide bonds. The SMILES string of the molecule is Cc1cccc(NCC(=O)N/N=C\c2cccc3ccccc23)c1. The van der Waals surface area contributed by atoms with Crippen LogP contribution in [-0.2, 0) is 4.79 Å². The number of hydrogen-bond donors (Lipinski definition) is 2. The van der Waals surface area contributed by atoms with E-state index in [-0.39, 0.29) is 12.5 Å². The maximum atomic E-state index is 11.9. The number of aryl methyl sites for hydroxylation is 1. The lowest BCUT2D eigenvalue weighted by Crippen LogP contribution is -2.25. The fourth-order valence-electron chi connectivity index (χ4n) is 2.51. The molecule has 3 aromatic rings. The summed E-state index contributed by atoms with van der Waals surface area (Å²) in [5.74, 6) is -0.187. The van der Waals surface area contributed by atoms with E-state index >= 15 is 0 Å². The normalized spacial score (nSPS) is 10.9. The largest absolute Gasteiger partial charge is 0.376 e. The van der Waals surface area contributed by atoms with E-state index in [4.69, 9.17) is 0 Å². The van der Waals surface area contributed by atoms with Gasteiger partial charge in [-0.05, 0) is 35.4 Å². The van der Waals surface area contributed by atoms with Crippen molar-refractivity contribution in [3.05, 3.63) is 77.9 Å². The molecule has 0 aliphatic carbocycles. The second kappa shape index (κ2) is 7.42. The summed E-state index contributed by atoms with van der Waals surface area (Å²) < 4.78 is 0. The van der Waals surface area contributed by atoms with Crippen LogP contribution in [0, 0.1) is 6.92 Å². The van der Waals surface area contributed by atoms with Crippen molar-refractivity contribution in [2.45, 2.75) is 6.92 Å². The predicted molar refractivity (Wildman–Crippen MR) is 99.4 cm³/mol. The molecule has 120 valence electrons. The molecule has 0 aliphatic rings. The number of rotatable bonds is 5. The topological polar surface area (TPSA) is 53.5 Å². The molecule has 0 radical (unpaired) electrons. The van der Waals surface area contributed by atoms with Crippen LogP contribution in [0.2, 0.25) is 0 Å². The lowest BCUT2D eigenvalue weighted by atomic mass is 10.1. The maximum absolute atomic E-state index is 11.9. The molecule has 4 heteroatoms. The summed E-state index contributed by atoms with van der Waals surface area (Å²) in [6.45, 7) is 2.19. The average Bonchev–Trinajstić information content (AvgIpc) is 2.60. The van der Waals surface area contributed by atoms with Gasteiger partial charge in [0.1, 0.15) is 0 Å². The van der Waals surface area contributed by atoms with Crippen LogP contribution < -0.4 is 10.7 Å². The third kappa shape index (κ3) is 3.98. The van der Waals surface area contributed by atoms with Gasteiger partial charge < -0.3 is 5.32 Å². The number of anilines is 1. The summed E-state index contributed by atoms with van der Waals surface area (Å²) in [7, 11) is 0. The highest BCUT2D eigenvalue weighted by molar-refractivity contribution is 6.00. The van der Waals surface area contributed by atoms with E-state index in [1.165, 1.54) is 0 Å². The molecule has 0 spiro atoms. The van der Waals surface area contributed by atoms with Crippen molar-refractivity contribution >= 4 is 28.6 Å². The molecule has 3 rings (SSSR count). The van der Waals surface area contributed by atoms with E-state index in [0.29, 0.717) is 0 Å². The van der Waals surface area contributed by atoms with E-state index in [0.717, 1.165) is 27.6 Å². The van der Waals surface area contributed by atoms with Gasteiger partial charge >= 0.3 is 0 Å². The van der Waals surface area contributed by atoms with Gasteiger partial charge in [0, 0.05) is 11.3 Å². The van der Waals surface area contributed by atoms with E-state index in [1.54, 1.807) is 6.21 Å². The maximum Gasteiger partial charge on any atom is 0.259 e. The third-order valence-electron chi connectivity index (χ3n) is 3.69. The summed E-state index contributed by atoms with van der Waals surface area (Å²) in [6.07, 6.45) is 1.67. The van der Waals surface area contributed by atoms with Crippen LogP contribution in [0.25, 0.3) is 10.8 Å². The Bertz CT molecular complexity index is 881. The zero-order valence-electron chi connectivity index (χ0n) is 13.5. The van der Waals surface area contributed by atoms with Gasteiger partial charge in [-0.15, -0.1) is 0 Å². The first-order valence-corrected chi connectivity index (χ1v) is 7.82. The van der Waals surface area contributed by atoms with Gasteiger partial charge in [0.15, 0.2) is 0 Å². The molecule has 0 atom stereocenters. The first-order valence-electron chi connectivity index (χ1n) is 7.82. The van der Waals surface area contributed by atoms with Gasteiger partial charge in [-0.25, -0.2) is 5.43 Å². The monoisotopic (exact) mass is 317 g/mol. The van der Waals surface area contributed by atoms with Gasteiger partial charge in [0.25, 0.3) is 5.91 Å².